The second kappa shape index (κ2) is 8.23. The first kappa shape index (κ1) is 19.2. The lowest BCUT2D eigenvalue weighted by atomic mass is 9.85. The lowest BCUT2D eigenvalue weighted by molar-refractivity contribution is 0.356. The van der Waals surface area contributed by atoms with E-state index in [0.717, 1.165) is 51.1 Å². The highest BCUT2D eigenvalue weighted by Crippen LogP contribution is 2.36. The molecule has 1 fully saturated rings. The first-order chi connectivity index (χ1) is 15.8. The molecule has 3 aromatic heterocycles. The predicted octanol–water partition coefficient (Wildman–Crippen LogP) is 7.83. The predicted molar refractivity (Wildman–Crippen MR) is 130 cm³/mol. The molecule has 5 aromatic rings. The lowest BCUT2D eigenvalue weighted by Gasteiger charge is -2.21. The standard InChI is InChI=1S/C29H26N2O/c1-3-8-20(9-4-1)16-21-14-15-30-27(17-21)25-13-7-12-24-26-18-23(22-10-5-2-6-11-22)19-31-29(26)32-28(24)25/h2,5-7,10-15,17-20H,1,3-4,8-9,16H2. The van der Waals surface area contributed by atoms with Gasteiger partial charge in [0.1, 0.15) is 5.58 Å². The van der Waals surface area contributed by atoms with Crippen LogP contribution in [0.5, 0.6) is 0 Å². The Kier molecular flexibility index (Phi) is 4.95. The van der Waals surface area contributed by atoms with E-state index >= 15 is 0 Å². The number of furan rings is 1. The molecule has 0 bridgehead atoms. The molecular weight excluding hydrogens is 392 g/mol. The quantitative estimate of drug-likeness (QED) is 0.298. The summed E-state index contributed by atoms with van der Waals surface area (Å²) in [6.45, 7) is 0. The second-order valence-electron chi connectivity index (χ2n) is 8.98. The summed E-state index contributed by atoms with van der Waals surface area (Å²) in [4.78, 5) is 9.35. The molecule has 3 nitrogen and oxygen atoms in total. The molecule has 0 aliphatic heterocycles. The zero-order chi connectivity index (χ0) is 21.3. The van der Waals surface area contributed by atoms with Crippen molar-refractivity contribution in [1.82, 2.24) is 9.97 Å². The van der Waals surface area contributed by atoms with E-state index in [9.17, 15) is 0 Å². The Balaban J connectivity index is 1.41. The van der Waals surface area contributed by atoms with Crippen LogP contribution in [0.2, 0.25) is 0 Å². The number of fused-ring (bicyclic) bond motifs is 3. The third-order valence-electron chi connectivity index (χ3n) is 6.81. The van der Waals surface area contributed by atoms with Gasteiger partial charge >= 0.3 is 0 Å². The molecule has 0 saturated heterocycles. The minimum absolute atomic E-state index is 0.672. The summed E-state index contributed by atoms with van der Waals surface area (Å²) >= 11 is 0. The molecule has 32 heavy (non-hydrogen) atoms. The Morgan fingerprint density at radius 1 is 0.781 bits per heavy atom. The molecule has 1 aliphatic carbocycles. The maximum absolute atomic E-state index is 6.27. The van der Waals surface area contributed by atoms with E-state index in [1.165, 1.54) is 37.7 Å². The van der Waals surface area contributed by atoms with E-state index in [-0.39, 0.29) is 0 Å². The maximum atomic E-state index is 6.27. The fourth-order valence-corrected chi connectivity index (χ4v) is 5.15. The first-order valence-electron chi connectivity index (χ1n) is 11.7. The number of para-hydroxylation sites is 1. The van der Waals surface area contributed by atoms with Crippen molar-refractivity contribution in [3.8, 4) is 22.4 Å². The molecule has 3 heterocycles. The molecule has 158 valence electrons. The van der Waals surface area contributed by atoms with Crippen LogP contribution in [-0.2, 0) is 6.42 Å². The summed E-state index contributed by atoms with van der Waals surface area (Å²) in [7, 11) is 0. The molecule has 6 rings (SSSR count). The first-order valence-corrected chi connectivity index (χ1v) is 11.7. The lowest BCUT2D eigenvalue weighted by Crippen LogP contribution is -2.09. The SMILES string of the molecule is c1ccc(-c2cnc3oc4c(-c5cc(CC6CCCCC6)ccn5)cccc4c3c2)cc1. The highest BCUT2D eigenvalue weighted by Gasteiger charge is 2.17. The number of aromatic nitrogens is 2. The fraction of sp³-hybridized carbons (Fsp3) is 0.241. The van der Waals surface area contributed by atoms with Crippen LogP contribution < -0.4 is 0 Å². The van der Waals surface area contributed by atoms with Crippen molar-refractivity contribution in [2.75, 3.05) is 0 Å². The Labute approximate surface area is 188 Å². The number of rotatable bonds is 4. The largest absolute Gasteiger partial charge is 0.437 e. The van der Waals surface area contributed by atoms with E-state index < -0.39 is 0 Å². The van der Waals surface area contributed by atoms with Gasteiger partial charge in [-0.05, 0) is 47.7 Å². The van der Waals surface area contributed by atoms with Crippen LogP contribution in [0.15, 0.2) is 83.5 Å². The maximum Gasteiger partial charge on any atom is 0.227 e. The van der Waals surface area contributed by atoms with Gasteiger partial charge in [0.05, 0.1) is 5.69 Å². The monoisotopic (exact) mass is 418 g/mol. The van der Waals surface area contributed by atoms with Gasteiger partial charge in [0.15, 0.2) is 0 Å². The molecular formula is C29H26N2O. The highest BCUT2D eigenvalue weighted by molar-refractivity contribution is 6.09. The van der Waals surface area contributed by atoms with Gasteiger partial charge in [-0.2, -0.15) is 0 Å². The number of nitrogens with zero attached hydrogens (tertiary/aromatic N) is 2. The van der Waals surface area contributed by atoms with Crippen molar-refractivity contribution in [3.63, 3.8) is 0 Å². The molecule has 3 heteroatoms. The molecule has 0 N–H and O–H groups in total. The van der Waals surface area contributed by atoms with Gasteiger partial charge in [-0.1, -0.05) is 74.6 Å². The molecule has 2 aromatic carbocycles. The van der Waals surface area contributed by atoms with E-state index in [1.54, 1.807) is 0 Å². The smallest absolute Gasteiger partial charge is 0.227 e. The van der Waals surface area contributed by atoms with Gasteiger partial charge in [-0.15, -0.1) is 0 Å². The van der Waals surface area contributed by atoms with Crippen LogP contribution >= 0.6 is 0 Å². The van der Waals surface area contributed by atoms with Crippen molar-refractivity contribution in [1.29, 1.82) is 0 Å². The van der Waals surface area contributed by atoms with Crippen molar-refractivity contribution < 1.29 is 4.42 Å². The third-order valence-corrected chi connectivity index (χ3v) is 6.81. The van der Waals surface area contributed by atoms with Crippen LogP contribution in [0, 0.1) is 5.92 Å². The number of benzene rings is 2. The summed E-state index contributed by atoms with van der Waals surface area (Å²) < 4.78 is 6.27. The zero-order valence-corrected chi connectivity index (χ0v) is 18.1. The number of hydrogen-bond donors (Lipinski definition) is 0. The minimum Gasteiger partial charge on any atom is -0.437 e. The van der Waals surface area contributed by atoms with Gasteiger partial charge in [0.2, 0.25) is 5.71 Å². The Morgan fingerprint density at radius 2 is 1.66 bits per heavy atom. The van der Waals surface area contributed by atoms with E-state index in [1.807, 2.05) is 18.5 Å². The number of hydrogen-bond acceptors (Lipinski definition) is 3. The van der Waals surface area contributed by atoms with Gasteiger partial charge < -0.3 is 4.42 Å². The Hall–Kier alpha value is -3.46. The van der Waals surface area contributed by atoms with Gasteiger partial charge in [0, 0.05) is 34.3 Å². The van der Waals surface area contributed by atoms with Crippen molar-refractivity contribution in [2.45, 2.75) is 38.5 Å². The van der Waals surface area contributed by atoms with E-state index in [0.29, 0.717) is 5.71 Å². The summed E-state index contributed by atoms with van der Waals surface area (Å²) in [6.07, 6.45) is 11.8. The molecule has 0 unspecified atom stereocenters. The summed E-state index contributed by atoms with van der Waals surface area (Å²) in [5.74, 6) is 0.807. The summed E-state index contributed by atoms with van der Waals surface area (Å²) in [5, 5.41) is 2.13. The average molecular weight is 419 g/mol. The van der Waals surface area contributed by atoms with Crippen molar-refractivity contribution in [3.05, 3.63) is 84.7 Å². The van der Waals surface area contributed by atoms with Gasteiger partial charge in [-0.25, -0.2) is 4.98 Å². The van der Waals surface area contributed by atoms with Crippen LogP contribution in [0.4, 0.5) is 0 Å². The summed E-state index contributed by atoms with van der Waals surface area (Å²) in [6, 6.07) is 23.3. The zero-order valence-electron chi connectivity index (χ0n) is 18.1. The van der Waals surface area contributed by atoms with Gasteiger partial charge in [0.25, 0.3) is 0 Å². The van der Waals surface area contributed by atoms with Crippen molar-refractivity contribution in [2.24, 2.45) is 5.92 Å². The van der Waals surface area contributed by atoms with Gasteiger partial charge in [-0.3, -0.25) is 4.98 Å². The minimum atomic E-state index is 0.672. The molecule has 0 spiro atoms. The van der Waals surface area contributed by atoms with Crippen molar-refractivity contribution >= 4 is 22.1 Å². The van der Waals surface area contributed by atoms with Crippen LogP contribution in [-0.4, -0.2) is 9.97 Å². The Morgan fingerprint density at radius 3 is 2.53 bits per heavy atom. The van der Waals surface area contributed by atoms with Crippen LogP contribution in [0.25, 0.3) is 44.5 Å². The van der Waals surface area contributed by atoms with Crippen LogP contribution in [0.1, 0.15) is 37.7 Å². The topological polar surface area (TPSA) is 38.9 Å². The number of pyridine rings is 2. The third kappa shape index (κ3) is 3.58. The molecule has 1 saturated carbocycles. The summed E-state index contributed by atoms with van der Waals surface area (Å²) in [5.41, 5.74) is 7.18. The highest BCUT2D eigenvalue weighted by atomic mass is 16.3. The normalized spacial score (nSPS) is 14.9. The Bertz CT molecular complexity index is 1380. The van der Waals surface area contributed by atoms with E-state index in [4.69, 9.17) is 9.40 Å². The molecule has 1 aliphatic rings. The molecule has 0 radical (unpaired) electrons. The second-order valence-corrected chi connectivity index (χ2v) is 8.98. The van der Waals surface area contributed by atoms with Crippen LogP contribution in [0.3, 0.4) is 0 Å². The molecule has 0 amide bonds. The fourth-order valence-electron chi connectivity index (χ4n) is 5.15. The van der Waals surface area contributed by atoms with E-state index in [2.05, 4.69) is 65.6 Å². The molecule has 0 atom stereocenters. The average Bonchev–Trinajstić information content (AvgIpc) is 3.23.